The minimum absolute atomic E-state index is 0.222. The summed E-state index contributed by atoms with van der Waals surface area (Å²) in [5.74, 6) is 0.345. The van der Waals surface area contributed by atoms with Crippen LogP contribution in [0, 0.1) is 0 Å². The van der Waals surface area contributed by atoms with Gasteiger partial charge in [-0.1, -0.05) is 18.2 Å². The molecule has 9 heteroatoms. The van der Waals surface area contributed by atoms with Crippen molar-refractivity contribution in [2.75, 3.05) is 24.2 Å². The maximum Gasteiger partial charge on any atom is 0.418 e. The first-order chi connectivity index (χ1) is 13.8. The molecule has 2 aromatic rings. The van der Waals surface area contributed by atoms with Gasteiger partial charge in [0.05, 0.1) is 23.5 Å². The molecule has 0 aliphatic rings. The molecule has 1 aromatic heterocycles. The average molecular weight is 425 g/mol. The van der Waals surface area contributed by atoms with E-state index in [-0.39, 0.29) is 31.1 Å². The number of thioether (sulfide) groups is 1. The van der Waals surface area contributed by atoms with Crippen molar-refractivity contribution in [3.8, 4) is 0 Å². The Hall–Kier alpha value is -2.55. The van der Waals surface area contributed by atoms with Crippen LogP contribution in [0.3, 0.4) is 0 Å². The van der Waals surface area contributed by atoms with E-state index in [2.05, 4.69) is 10.3 Å². The van der Waals surface area contributed by atoms with Crippen LogP contribution in [0.2, 0.25) is 0 Å². The topological polar surface area (TPSA) is 62.3 Å². The van der Waals surface area contributed by atoms with E-state index >= 15 is 0 Å². The van der Waals surface area contributed by atoms with Gasteiger partial charge in [0.25, 0.3) is 0 Å². The van der Waals surface area contributed by atoms with Gasteiger partial charge in [-0.05, 0) is 31.2 Å². The number of rotatable bonds is 9. The lowest BCUT2D eigenvalue weighted by Crippen LogP contribution is -2.38. The van der Waals surface area contributed by atoms with Gasteiger partial charge in [0, 0.05) is 30.7 Å². The Morgan fingerprint density at radius 2 is 1.86 bits per heavy atom. The SMILES string of the molecule is CCN(CC(=O)Nc1ccccc1C(F)(F)F)C(=O)CCSCc1ccccn1. The zero-order valence-electron chi connectivity index (χ0n) is 15.9. The Labute approximate surface area is 171 Å². The van der Waals surface area contributed by atoms with Crippen molar-refractivity contribution >= 4 is 29.3 Å². The number of halogens is 3. The van der Waals surface area contributed by atoms with Crippen molar-refractivity contribution < 1.29 is 22.8 Å². The highest BCUT2D eigenvalue weighted by molar-refractivity contribution is 7.98. The molecule has 29 heavy (non-hydrogen) atoms. The molecule has 0 spiro atoms. The van der Waals surface area contributed by atoms with Gasteiger partial charge in [0.1, 0.15) is 0 Å². The molecule has 0 unspecified atom stereocenters. The van der Waals surface area contributed by atoms with Crippen LogP contribution < -0.4 is 5.32 Å². The average Bonchev–Trinajstić information content (AvgIpc) is 2.69. The van der Waals surface area contributed by atoms with Crippen molar-refractivity contribution in [2.24, 2.45) is 0 Å². The van der Waals surface area contributed by atoms with Crippen LogP contribution in [-0.4, -0.2) is 40.5 Å². The maximum absolute atomic E-state index is 13.0. The van der Waals surface area contributed by atoms with Crippen molar-refractivity contribution in [1.82, 2.24) is 9.88 Å². The molecular weight excluding hydrogens is 403 g/mol. The van der Waals surface area contributed by atoms with Crippen LogP contribution in [0.15, 0.2) is 48.7 Å². The summed E-state index contributed by atoms with van der Waals surface area (Å²) in [6.07, 6.45) is -2.64. The smallest absolute Gasteiger partial charge is 0.334 e. The molecule has 0 fully saturated rings. The molecule has 1 N–H and O–H groups in total. The summed E-state index contributed by atoms with van der Waals surface area (Å²) in [7, 11) is 0. The number of hydrogen-bond acceptors (Lipinski definition) is 4. The summed E-state index contributed by atoms with van der Waals surface area (Å²) in [5.41, 5.74) is -0.326. The molecule has 0 aliphatic heterocycles. The molecule has 1 aromatic carbocycles. The molecule has 156 valence electrons. The molecule has 0 bridgehead atoms. The summed E-state index contributed by atoms with van der Waals surface area (Å²) in [4.78, 5) is 30.1. The van der Waals surface area contributed by atoms with Gasteiger partial charge in [0.15, 0.2) is 0 Å². The summed E-state index contributed by atoms with van der Waals surface area (Å²) in [6.45, 7) is 1.71. The highest BCUT2D eigenvalue weighted by Gasteiger charge is 2.33. The second kappa shape index (κ2) is 10.8. The predicted molar refractivity (Wildman–Crippen MR) is 107 cm³/mol. The second-order valence-corrected chi connectivity index (χ2v) is 7.23. The molecule has 0 radical (unpaired) electrons. The lowest BCUT2D eigenvalue weighted by Gasteiger charge is -2.21. The number of nitrogens with one attached hydrogen (secondary N) is 1. The molecule has 2 rings (SSSR count). The second-order valence-electron chi connectivity index (χ2n) is 6.12. The standard InChI is InChI=1S/C20H22F3N3O2S/c1-2-26(19(28)10-12-29-14-15-7-5-6-11-24-15)13-18(27)25-17-9-4-3-8-16(17)20(21,22)23/h3-9,11H,2,10,12-14H2,1H3,(H,25,27). The van der Waals surface area contributed by atoms with Crippen LogP contribution >= 0.6 is 11.8 Å². The summed E-state index contributed by atoms with van der Waals surface area (Å²) >= 11 is 1.55. The van der Waals surface area contributed by atoms with Crippen LogP contribution in [0.5, 0.6) is 0 Å². The summed E-state index contributed by atoms with van der Waals surface area (Å²) < 4.78 is 39.1. The van der Waals surface area contributed by atoms with Crippen molar-refractivity contribution in [1.29, 1.82) is 0 Å². The number of amides is 2. The first-order valence-electron chi connectivity index (χ1n) is 9.02. The number of anilines is 1. The quantitative estimate of drug-likeness (QED) is 0.612. The Balaban J connectivity index is 1.84. The number of hydrogen-bond donors (Lipinski definition) is 1. The first kappa shape index (κ1) is 22.7. The van der Waals surface area contributed by atoms with Crippen molar-refractivity contribution in [2.45, 2.75) is 25.3 Å². The minimum atomic E-state index is -4.57. The number of pyridine rings is 1. The first-order valence-corrected chi connectivity index (χ1v) is 10.2. The molecule has 0 saturated heterocycles. The van der Waals surface area contributed by atoms with E-state index in [1.54, 1.807) is 24.9 Å². The van der Waals surface area contributed by atoms with Crippen LogP contribution in [0.4, 0.5) is 18.9 Å². The van der Waals surface area contributed by atoms with E-state index in [1.807, 2.05) is 18.2 Å². The third-order valence-electron chi connectivity index (χ3n) is 4.01. The van der Waals surface area contributed by atoms with E-state index in [4.69, 9.17) is 0 Å². The fraction of sp³-hybridized carbons (Fsp3) is 0.350. The number of nitrogens with zero attached hydrogens (tertiary/aromatic N) is 2. The molecule has 1 heterocycles. The number of para-hydroxylation sites is 1. The fourth-order valence-electron chi connectivity index (χ4n) is 2.56. The van der Waals surface area contributed by atoms with Crippen molar-refractivity contribution in [3.63, 3.8) is 0 Å². The third kappa shape index (κ3) is 7.41. The number of aromatic nitrogens is 1. The number of likely N-dealkylation sites (N-methyl/N-ethyl adjacent to an activating group) is 1. The lowest BCUT2D eigenvalue weighted by molar-refractivity contribution is -0.137. The van der Waals surface area contributed by atoms with Gasteiger partial charge >= 0.3 is 6.18 Å². The Bertz CT molecular complexity index is 816. The zero-order valence-corrected chi connectivity index (χ0v) is 16.7. The molecular formula is C20H22F3N3O2S. The molecule has 0 saturated carbocycles. The summed E-state index contributed by atoms with van der Waals surface area (Å²) in [5, 5.41) is 2.26. The largest absolute Gasteiger partial charge is 0.418 e. The van der Waals surface area contributed by atoms with Crippen molar-refractivity contribution in [3.05, 3.63) is 59.9 Å². The summed E-state index contributed by atoms with van der Waals surface area (Å²) in [6, 6.07) is 10.4. The number of carbonyl (C=O) groups excluding carboxylic acids is 2. The zero-order chi connectivity index (χ0) is 21.3. The van der Waals surface area contributed by atoms with Gasteiger partial charge in [-0.3, -0.25) is 14.6 Å². The number of benzene rings is 1. The van der Waals surface area contributed by atoms with Gasteiger partial charge in [0.2, 0.25) is 11.8 Å². The van der Waals surface area contributed by atoms with Crippen LogP contribution in [-0.2, 0) is 21.5 Å². The number of alkyl halides is 3. The normalized spacial score (nSPS) is 11.2. The molecule has 0 aliphatic carbocycles. The molecule has 0 atom stereocenters. The van der Waals surface area contributed by atoms with E-state index in [0.29, 0.717) is 11.5 Å². The van der Waals surface area contributed by atoms with Gasteiger partial charge in [-0.25, -0.2) is 0 Å². The predicted octanol–water partition coefficient (Wildman–Crippen LogP) is 4.21. The highest BCUT2D eigenvalue weighted by atomic mass is 32.2. The lowest BCUT2D eigenvalue weighted by atomic mass is 10.1. The molecule has 2 amide bonds. The van der Waals surface area contributed by atoms with E-state index in [9.17, 15) is 22.8 Å². The minimum Gasteiger partial charge on any atom is -0.334 e. The Morgan fingerprint density at radius 1 is 1.14 bits per heavy atom. The highest BCUT2D eigenvalue weighted by Crippen LogP contribution is 2.34. The van der Waals surface area contributed by atoms with E-state index in [0.717, 1.165) is 11.8 Å². The third-order valence-corrected chi connectivity index (χ3v) is 5.00. The Morgan fingerprint density at radius 3 is 2.52 bits per heavy atom. The van der Waals surface area contributed by atoms with Gasteiger partial charge < -0.3 is 10.2 Å². The van der Waals surface area contributed by atoms with Gasteiger partial charge in [-0.15, -0.1) is 0 Å². The van der Waals surface area contributed by atoms with Crippen LogP contribution in [0.1, 0.15) is 24.6 Å². The maximum atomic E-state index is 13.0. The monoisotopic (exact) mass is 425 g/mol. The fourth-order valence-corrected chi connectivity index (χ4v) is 3.40. The van der Waals surface area contributed by atoms with Gasteiger partial charge in [-0.2, -0.15) is 24.9 Å². The van der Waals surface area contributed by atoms with Crippen LogP contribution in [0.25, 0.3) is 0 Å². The van der Waals surface area contributed by atoms with E-state index < -0.39 is 17.6 Å². The Kier molecular flexibility index (Phi) is 8.50. The van der Waals surface area contributed by atoms with E-state index in [1.165, 1.54) is 23.1 Å². The number of carbonyl (C=O) groups is 2. The molecule has 5 nitrogen and oxygen atoms in total.